The highest BCUT2D eigenvalue weighted by atomic mass is 35.5. The van der Waals surface area contributed by atoms with E-state index in [1.165, 1.54) is 37.7 Å². The number of nitrogens with zero attached hydrogens (tertiary/aromatic N) is 1. The molecule has 1 N–H and O–H groups in total. The smallest absolute Gasteiger partial charge is 0.0451 e. The van der Waals surface area contributed by atoms with Crippen molar-refractivity contribution in [1.82, 2.24) is 10.2 Å². The van der Waals surface area contributed by atoms with Crippen LogP contribution < -0.4 is 5.32 Å². The predicted molar refractivity (Wildman–Crippen MR) is 91.8 cm³/mol. The summed E-state index contributed by atoms with van der Waals surface area (Å²) in [6.45, 7) is 5.49. The fraction of sp³-hybridized carbons (Fsp3) is 0.667. The maximum absolute atomic E-state index is 6.27. The SMILES string of the molecule is CCCNC1CCCCC1CN(C)Cc1ccccc1Cl. The van der Waals surface area contributed by atoms with Gasteiger partial charge in [-0.2, -0.15) is 0 Å². The van der Waals surface area contributed by atoms with E-state index in [9.17, 15) is 0 Å². The van der Waals surface area contributed by atoms with Crippen molar-refractivity contribution < 1.29 is 0 Å². The summed E-state index contributed by atoms with van der Waals surface area (Å²) in [6.07, 6.45) is 6.68. The van der Waals surface area contributed by atoms with Crippen LogP contribution in [0.1, 0.15) is 44.6 Å². The molecule has 1 aliphatic carbocycles. The molecule has 0 radical (unpaired) electrons. The molecular weight excluding hydrogens is 280 g/mol. The van der Waals surface area contributed by atoms with E-state index >= 15 is 0 Å². The Morgan fingerprint density at radius 2 is 2.00 bits per heavy atom. The van der Waals surface area contributed by atoms with E-state index < -0.39 is 0 Å². The summed E-state index contributed by atoms with van der Waals surface area (Å²) in [4.78, 5) is 2.43. The average Bonchev–Trinajstić information content (AvgIpc) is 2.49. The average molecular weight is 309 g/mol. The Balaban J connectivity index is 1.87. The summed E-state index contributed by atoms with van der Waals surface area (Å²) < 4.78 is 0. The minimum absolute atomic E-state index is 0.701. The van der Waals surface area contributed by atoms with Crippen LogP contribution in [0.25, 0.3) is 0 Å². The first kappa shape index (κ1) is 16.8. The second-order valence-electron chi connectivity index (χ2n) is 6.39. The highest BCUT2D eigenvalue weighted by molar-refractivity contribution is 6.31. The number of hydrogen-bond donors (Lipinski definition) is 1. The zero-order valence-electron chi connectivity index (χ0n) is 13.4. The largest absolute Gasteiger partial charge is 0.314 e. The predicted octanol–water partition coefficient (Wildman–Crippen LogP) is 4.33. The lowest BCUT2D eigenvalue weighted by atomic mass is 9.84. The molecule has 0 heterocycles. The molecule has 1 saturated carbocycles. The third-order valence-corrected chi connectivity index (χ3v) is 4.88. The van der Waals surface area contributed by atoms with E-state index in [2.05, 4.69) is 36.3 Å². The van der Waals surface area contributed by atoms with Gasteiger partial charge in [-0.15, -0.1) is 0 Å². The molecule has 2 nitrogen and oxygen atoms in total. The lowest BCUT2D eigenvalue weighted by molar-refractivity contribution is 0.185. The Morgan fingerprint density at radius 3 is 2.76 bits per heavy atom. The van der Waals surface area contributed by atoms with E-state index in [4.69, 9.17) is 11.6 Å². The van der Waals surface area contributed by atoms with E-state index in [1.54, 1.807) is 0 Å². The van der Waals surface area contributed by atoms with Crippen LogP contribution in [0, 0.1) is 5.92 Å². The molecule has 1 aromatic rings. The summed E-state index contributed by atoms with van der Waals surface area (Å²) in [6, 6.07) is 8.88. The summed E-state index contributed by atoms with van der Waals surface area (Å²) in [5.74, 6) is 0.776. The molecule has 0 aliphatic heterocycles. The molecule has 3 heteroatoms. The molecular formula is C18H29ClN2. The van der Waals surface area contributed by atoms with Crippen molar-refractivity contribution in [2.24, 2.45) is 5.92 Å². The van der Waals surface area contributed by atoms with Crippen LogP contribution in [0.2, 0.25) is 5.02 Å². The van der Waals surface area contributed by atoms with Crippen LogP contribution in [-0.2, 0) is 6.54 Å². The second-order valence-corrected chi connectivity index (χ2v) is 6.80. The van der Waals surface area contributed by atoms with Crippen molar-refractivity contribution in [2.75, 3.05) is 20.1 Å². The van der Waals surface area contributed by atoms with Gasteiger partial charge in [-0.3, -0.25) is 0 Å². The highest BCUT2D eigenvalue weighted by Gasteiger charge is 2.25. The standard InChI is InChI=1S/C18H29ClN2/c1-3-12-20-18-11-7-5-9-16(18)14-21(2)13-15-8-4-6-10-17(15)19/h4,6,8,10,16,18,20H,3,5,7,9,11-14H2,1-2H3. The molecule has 1 fully saturated rings. The number of hydrogen-bond acceptors (Lipinski definition) is 2. The Kier molecular flexibility index (Phi) is 7.01. The summed E-state index contributed by atoms with van der Waals surface area (Å²) in [5.41, 5.74) is 1.23. The van der Waals surface area contributed by atoms with Crippen molar-refractivity contribution in [2.45, 2.75) is 51.6 Å². The van der Waals surface area contributed by atoms with E-state index in [0.717, 1.165) is 30.6 Å². The fourth-order valence-electron chi connectivity index (χ4n) is 3.41. The normalized spacial score (nSPS) is 22.7. The van der Waals surface area contributed by atoms with E-state index in [1.807, 2.05) is 12.1 Å². The van der Waals surface area contributed by atoms with E-state index in [0.29, 0.717) is 6.04 Å². The molecule has 0 bridgehead atoms. The number of benzene rings is 1. The maximum atomic E-state index is 6.27. The molecule has 0 aromatic heterocycles. The molecule has 0 spiro atoms. The summed E-state index contributed by atoms with van der Waals surface area (Å²) in [5, 5.41) is 4.63. The van der Waals surface area contributed by atoms with Crippen LogP contribution >= 0.6 is 11.6 Å². The fourth-order valence-corrected chi connectivity index (χ4v) is 3.60. The Morgan fingerprint density at radius 1 is 1.24 bits per heavy atom. The third-order valence-electron chi connectivity index (χ3n) is 4.51. The second kappa shape index (κ2) is 8.77. The van der Waals surface area contributed by atoms with Crippen LogP contribution in [0.5, 0.6) is 0 Å². The quantitative estimate of drug-likeness (QED) is 0.806. The highest BCUT2D eigenvalue weighted by Crippen LogP contribution is 2.26. The van der Waals surface area contributed by atoms with Gasteiger partial charge in [0, 0.05) is 24.2 Å². The molecule has 0 amide bonds. The van der Waals surface area contributed by atoms with Gasteiger partial charge in [-0.05, 0) is 50.4 Å². The minimum Gasteiger partial charge on any atom is -0.314 e. The van der Waals surface area contributed by atoms with Gasteiger partial charge >= 0.3 is 0 Å². The van der Waals surface area contributed by atoms with Gasteiger partial charge in [-0.25, -0.2) is 0 Å². The first-order valence-electron chi connectivity index (χ1n) is 8.36. The molecule has 118 valence electrons. The van der Waals surface area contributed by atoms with Gasteiger partial charge in [0.05, 0.1) is 0 Å². The first-order chi connectivity index (χ1) is 10.2. The molecule has 21 heavy (non-hydrogen) atoms. The topological polar surface area (TPSA) is 15.3 Å². The Bertz CT molecular complexity index is 421. The summed E-state index contributed by atoms with van der Waals surface area (Å²) in [7, 11) is 2.22. The van der Waals surface area contributed by atoms with Crippen molar-refractivity contribution >= 4 is 11.6 Å². The zero-order chi connectivity index (χ0) is 15.1. The van der Waals surface area contributed by atoms with Gasteiger partial charge in [-0.1, -0.05) is 49.6 Å². The molecule has 2 atom stereocenters. The maximum Gasteiger partial charge on any atom is 0.0451 e. The lowest BCUT2D eigenvalue weighted by Gasteiger charge is -2.35. The van der Waals surface area contributed by atoms with Crippen molar-refractivity contribution in [3.63, 3.8) is 0 Å². The molecule has 2 unspecified atom stereocenters. The molecule has 1 aromatic carbocycles. The summed E-state index contributed by atoms with van der Waals surface area (Å²) >= 11 is 6.27. The molecule has 2 rings (SSSR count). The van der Waals surface area contributed by atoms with Gasteiger partial charge in [0.2, 0.25) is 0 Å². The van der Waals surface area contributed by atoms with Gasteiger partial charge < -0.3 is 10.2 Å². The zero-order valence-corrected chi connectivity index (χ0v) is 14.2. The van der Waals surface area contributed by atoms with Crippen LogP contribution in [0.4, 0.5) is 0 Å². The third kappa shape index (κ3) is 5.28. The number of nitrogens with one attached hydrogen (secondary N) is 1. The number of halogens is 1. The first-order valence-corrected chi connectivity index (χ1v) is 8.73. The van der Waals surface area contributed by atoms with Crippen LogP contribution in [-0.4, -0.2) is 31.1 Å². The van der Waals surface area contributed by atoms with Crippen LogP contribution in [0.15, 0.2) is 24.3 Å². The minimum atomic E-state index is 0.701. The van der Waals surface area contributed by atoms with Crippen molar-refractivity contribution in [1.29, 1.82) is 0 Å². The molecule has 0 saturated heterocycles. The lowest BCUT2D eigenvalue weighted by Crippen LogP contribution is -2.43. The Labute approximate surface area is 134 Å². The van der Waals surface area contributed by atoms with Gasteiger partial charge in [0.15, 0.2) is 0 Å². The number of rotatable bonds is 7. The van der Waals surface area contributed by atoms with Gasteiger partial charge in [0.25, 0.3) is 0 Å². The monoisotopic (exact) mass is 308 g/mol. The van der Waals surface area contributed by atoms with Crippen LogP contribution in [0.3, 0.4) is 0 Å². The Hall–Kier alpha value is -0.570. The van der Waals surface area contributed by atoms with Crippen molar-refractivity contribution in [3.8, 4) is 0 Å². The van der Waals surface area contributed by atoms with Gasteiger partial charge in [0.1, 0.15) is 0 Å². The molecule has 1 aliphatic rings. The van der Waals surface area contributed by atoms with E-state index in [-0.39, 0.29) is 0 Å². The van der Waals surface area contributed by atoms with Crippen molar-refractivity contribution in [3.05, 3.63) is 34.9 Å².